The Morgan fingerprint density at radius 1 is 1.44 bits per heavy atom. The van der Waals surface area contributed by atoms with E-state index in [9.17, 15) is 0 Å². The second kappa shape index (κ2) is 4.28. The Labute approximate surface area is 97.1 Å². The highest BCUT2D eigenvalue weighted by molar-refractivity contribution is 5.57. The SMILES string of the molecule is CNc1ncnc(N(C)C(C)C2CC2)c1C. The van der Waals surface area contributed by atoms with Gasteiger partial charge in [0, 0.05) is 25.7 Å². The lowest BCUT2D eigenvalue weighted by Gasteiger charge is -2.27. The van der Waals surface area contributed by atoms with Gasteiger partial charge in [0.1, 0.15) is 18.0 Å². The van der Waals surface area contributed by atoms with Gasteiger partial charge in [0.15, 0.2) is 0 Å². The van der Waals surface area contributed by atoms with E-state index in [-0.39, 0.29) is 0 Å². The maximum Gasteiger partial charge on any atom is 0.137 e. The fourth-order valence-electron chi connectivity index (χ4n) is 2.14. The van der Waals surface area contributed by atoms with E-state index in [1.54, 1.807) is 6.33 Å². The van der Waals surface area contributed by atoms with Gasteiger partial charge in [-0.15, -0.1) is 0 Å². The van der Waals surface area contributed by atoms with Crippen molar-refractivity contribution in [2.24, 2.45) is 5.92 Å². The van der Waals surface area contributed by atoms with Gasteiger partial charge in [0.25, 0.3) is 0 Å². The molecule has 0 radical (unpaired) electrons. The smallest absolute Gasteiger partial charge is 0.137 e. The molecule has 88 valence electrons. The molecule has 4 heteroatoms. The predicted molar refractivity (Wildman–Crippen MR) is 66.9 cm³/mol. The second-order valence-corrected chi connectivity index (χ2v) is 4.61. The first kappa shape index (κ1) is 11.2. The average Bonchev–Trinajstić information content (AvgIpc) is 3.11. The van der Waals surface area contributed by atoms with Crippen molar-refractivity contribution in [1.82, 2.24) is 9.97 Å². The first-order valence-electron chi connectivity index (χ1n) is 5.87. The lowest BCUT2D eigenvalue weighted by atomic mass is 10.1. The van der Waals surface area contributed by atoms with Crippen molar-refractivity contribution in [3.05, 3.63) is 11.9 Å². The van der Waals surface area contributed by atoms with E-state index >= 15 is 0 Å². The van der Waals surface area contributed by atoms with Gasteiger partial charge in [-0.1, -0.05) is 0 Å². The first-order valence-corrected chi connectivity index (χ1v) is 5.87. The minimum absolute atomic E-state index is 0.568. The summed E-state index contributed by atoms with van der Waals surface area (Å²) < 4.78 is 0. The Morgan fingerprint density at radius 2 is 2.12 bits per heavy atom. The van der Waals surface area contributed by atoms with Gasteiger partial charge in [0.2, 0.25) is 0 Å². The van der Waals surface area contributed by atoms with Crippen LogP contribution in [0.4, 0.5) is 11.6 Å². The van der Waals surface area contributed by atoms with Crippen molar-refractivity contribution < 1.29 is 0 Å². The van der Waals surface area contributed by atoms with Crippen LogP contribution in [0.2, 0.25) is 0 Å². The molecular weight excluding hydrogens is 200 g/mol. The highest BCUT2D eigenvalue weighted by Crippen LogP contribution is 2.36. The van der Waals surface area contributed by atoms with E-state index < -0.39 is 0 Å². The zero-order valence-corrected chi connectivity index (χ0v) is 10.5. The zero-order chi connectivity index (χ0) is 11.7. The third-order valence-corrected chi connectivity index (χ3v) is 3.54. The van der Waals surface area contributed by atoms with E-state index in [2.05, 4.69) is 41.1 Å². The molecule has 1 heterocycles. The topological polar surface area (TPSA) is 41.1 Å². The molecule has 1 atom stereocenters. The number of aromatic nitrogens is 2. The number of nitrogens with one attached hydrogen (secondary N) is 1. The van der Waals surface area contributed by atoms with Crippen molar-refractivity contribution in [3.63, 3.8) is 0 Å². The molecule has 0 amide bonds. The monoisotopic (exact) mass is 220 g/mol. The van der Waals surface area contributed by atoms with E-state index in [1.165, 1.54) is 12.8 Å². The van der Waals surface area contributed by atoms with Gasteiger partial charge in [-0.25, -0.2) is 9.97 Å². The fourth-order valence-corrected chi connectivity index (χ4v) is 2.14. The van der Waals surface area contributed by atoms with Crippen LogP contribution in [0, 0.1) is 12.8 Å². The van der Waals surface area contributed by atoms with Crippen molar-refractivity contribution >= 4 is 11.6 Å². The average molecular weight is 220 g/mol. The van der Waals surface area contributed by atoms with Crippen LogP contribution in [0.15, 0.2) is 6.33 Å². The summed E-state index contributed by atoms with van der Waals surface area (Å²) in [5.74, 6) is 2.80. The second-order valence-electron chi connectivity index (χ2n) is 4.61. The summed E-state index contributed by atoms with van der Waals surface area (Å²) in [4.78, 5) is 10.9. The van der Waals surface area contributed by atoms with Gasteiger partial charge >= 0.3 is 0 Å². The number of rotatable bonds is 4. The Morgan fingerprint density at radius 3 is 2.69 bits per heavy atom. The lowest BCUT2D eigenvalue weighted by molar-refractivity contribution is 0.602. The number of hydrogen-bond acceptors (Lipinski definition) is 4. The minimum atomic E-state index is 0.568. The van der Waals surface area contributed by atoms with E-state index in [1.807, 2.05) is 7.05 Å². The molecule has 0 saturated heterocycles. The van der Waals surface area contributed by atoms with Crippen molar-refractivity contribution in [2.75, 3.05) is 24.3 Å². The molecule has 2 rings (SSSR count). The highest BCUT2D eigenvalue weighted by Gasteiger charge is 2.31. The fraction of sp³-hybridized carbons (Fsp3) is 0.667. The molecular formula is C12H20N4. The highest BCUT2D eigenvalue weighted by atomic mass is 15.2. The molecule has 1 aliphatic rings. The summed E-state index contributed by atoms with van der Waals surface area (Å²) in [6.07, 6.45) is 4.34. The molecule has 1 aromatic heterocycles. The third kappa shape index (κ3) is 1.96. The number of anilines is 2. The molecule has 0 aliphatic heterocycles. The van der Waals surface area contributed by atoms with Crippen LogP contribution >= 0.6 is 0 Å². The van der Waals surface area contributed by atoms with Crippen LogP contribution in [0.5, 0.6) is 0 Å². The molecule has 1 aliphatic carbocycles. The van der Waals surface area contributed by atoms with Crippen molar-refractivity contribution in [3.8, 4) is 0 Å². The van der Waals surface area contributed by atoms with Crippen LogP contribution in [0.1, 0.15) is 25.3 Å². The Balaban J connectivity index is 2.24. The van der Waals surface area contributed by atoms with E-state index in [4.69, 9.17) is 0 Å². The van der Waals surface area contributed by atoms with Gasteiger partial charge in [-0.05, 0) is 32.6 Å². The van der Waals surface area contributed by atoms with Crippen LogP contribution < -0.4 is 10.2 Å². The Hall–Kier alpha value is -1.32. The molecule has 1 saturated carbocycles. The minimum Gasteiger partial charge on any atom is -0.373 e. The molecule has 0 aromatic carbocycles. The maximum atomic E-state index is 4.39. The van der Waals surface area contributed by atoms with Crippen molar-refractivity contribution in [2.45, 2.75) is 32.7 Å². The predicted octanol–water partition coefficient (Wildman–Crippen LogP) is 2.06. The zero-order valence-electron chi connectivity index (χ0n) is 10.5. The molecule has 1 aromatic rings. The molecule has 0 bridgehead atoms. The maximum absolute atomic E-state index is 4.39. The molecule has 4 nitrogen and oxygen atoms in total. The number of hydrogen-bond donors (Lipinski definition) is 1. The molecule has 0 spiro atoms. The largest absolute Gasteiger partial charge is 0.373 e. The third-order valence-electron chi connectivity index (χ3n) is 3.54. The normalized spacial score (nSPS) is 17.0. The summed E-state index contributed by atoms with van der Waals surface area (Å²) in [5.41, 5.74) is 1.13. The van der Waals surface area contributed by atoms with Gasteiger partial charge in [0.05, 0.1) is 0 Å². The van der Waals surface area contributed by atoms with Gasteiger partial charge < -0.3 is 10.2 Å². The molecule has 1 unspecified atom stereocenters. The van der Waals surface area contributed by atoms with Crippen LogP contribution in [0.25, 0.3) is 0 Å². The molecule has 16 heavy (non-hydrogen) atoms. The number of nitrogens with zero attached hydrogens (tertiary/aromatic N) is 3. The Kier molecular flexibility index (Phi) is 2.99. The van der Waals surface area contributed by atoms with Gasteiger partial charge in [-0.3, -0.25) is 0 Å². The van der Waals surface area contributed by atoms with Crippen LogP contribution in [0.3, 0.4) is 0 Å². The van der Waals surface area contributed by atoms with Crippen LogP contribution in [-0.4, -0.2) is 30.1 Å². The summed E-state index contributed by atoms with van der Waals surface area (Å²) >= 11 is 0. The van der Waals surface area contributed by atoms with Crippen molar-refractivity contribution in [1.29, 1.82) is 0 Å². The van der Waals surface area contributed by atoms with Gasteiger partial charge in [-0.2, -0.15) is 0 Å². The quantitative estimate of drug-likeness (QED) is 0.843. The summed E-state index contributed by atoms with van der Waals surface area (Å²) in [5, 5.41) is 3.10. The molecule has 1 N–H and O–H groups in total. The van der Waals surface area contributed by atoms with E-state index in [0.717, 1.165) is 23.1 Å². The van der Waals surface area contributed by atoms with E-state index in [0.29, 0.717) is 6.04 Å². The standard InChI is InChI=1S/C12H20N4/c1-8-11(13-3)14-7-15-12(8)16(4)9(2)10-5-6-10/h7,9-10H,5-6H2,1-4H3,(H,13,14,15). The first-order chi connectivity index (χ1) is 7.65. The lowest BCUT2D eigenvalue weighted by Crippen LogP contribution is -2.32. The Bertz CT molecular complexity index is 373. The summed E-state index contributed by atoms with van der Waals surface area (Å²) in [6.45, 7) is 4.34. The van der Waals surface area contributed by atoms with Crippen LogP contribution in [-0.2, 0) is 0 Å². The summed E-state index contributed by atoms with van der Waals surface area (Å²) in [6, 6.07) is 0.568. The molecule has 1 fully saturated rings. The summed E-state index contributed by atoms with van der Waals surface area (Å²) in [7, 11) is 4.02.